The molecule has 2 N–H and O–H groups in total. The van der Waals surface area contributed by atoms with Gasteiger partial charge in [-0.2, -0.15) is 0 Å². The lowest BCUT2D eigenvalue weighted by Crippen LogP contribution is -2.50. The summed E-state index contributed by atoms with van der Waals surface area (Å²) in [6.07, 6.45) is -2.53. The van der Waals surface area contributed by atoms with E-state index in [0.29, 0.717) is 0 Å². The van der Waals surface area contributed by atoms with Gasteiger partial charge in [-0.25, -0.2) is 4.79 Å². The number of rotatable bonds is 2. The van der Waals surface area contributed by atoms with Crippen molar-refractivity contribution in [2.24, 2.45) is 0 Å². The van der Waals surface area contributed by atoms with E-state index in [1.807, 2.05) is 0 Å². The van der Waals surface area contributed by atoms with Crippen LogP contribution in [0.4, 0.5) is 4.79 Å². The molecule has 0 bridgehead atoms. The van der Waals surface area contributed by atoms with Crippen molar-refractivity contribution in [3.8, 4) is 0 Å². The zero-order chi connectivity index (χ0) is 12.4. The first-order valence-electron chi connectivity index (χ1n) is 4.21. The molecule has 4 nitrogen and oxygen atoms in total. The van der Waals surface area contributed by atoms with Gasteiger partial charge in [0, 0.05) is 5.54 Å². The average Bonchev–Trinajstić information content (AvgIpc) is 1.94. The highest BCUT2D eigenvalue weighted by Gasteiger charge is 2.36. The number of β-amino-alcohol motifs (C(OH)–C–C–N with tert-alkyl or cyclic N) is 1. The van der Waals surface area contributed by atoms with Crippen LogP contribution in [0.2, 0.25) is 0 Å². The molecule has 0 fully saturated rings. The fraction of sp³-hybridized carbons (Fsp3) is 0.875. The van der Waals surface area contributed by atoms with E-state index in [0.717, 1.165) is 4.90 Å². The average molecular weight is 279 g/mol. The predicted octanol–water partition coefficient (Wildman–Crippen LogP) is 2.50. The lowest BCUT2D eigenvalue weighted by Gasteiger charge is -2.35. The van der Waals surface area contributed by atoms with Gasteiger partial charge in [0.05, 0.1) is 6.54 Å². The molecular formula is C8H14Cl3NO3. The zero-order valence-corrected chi connectivity index (χ0v) is 10.9. The number of hydrogen-bond acceptors (Lipinski definition) is 2. The summed E-state index contributed by atoms with van der Waals surface area (Å²) in [5.41, 5.74) is -0.664. The number of amides is 1. The minimum Gasteiger partial charge on any atom is -0.465 e. The van der Waals surface area contributed by atoms with Crippen molar-refractivity contribution in [1.29, 1.82) is 0 Å². The molecule has 0 saturated heterocycles. The standard InChI is InChI=1S/C8H14Cl3NO3/c1-7(2,3)12(6(14)15)4-5(13)8(9,10)11/h5,13H,4H2,1-3H3,(H,14,15). The molecule has 0 aliphatic rings. The molecule has 0 aromatic heterocycles. The predicted molar refractivity (Wildman–Crippen MR) is 60.8 cm³/mol. The number of hydrogen-bond donors (Lipinski definition) is 2. The Morgan fingerprint density at radius 2 is 1.73 bits per heavy atom. The Kier molecular flexibility index (Phi) is 4.99. The van der Waals surface area contributed by atoms with Crippen LogP contribution in [-0.2, 0) is 0 Å². The van der Waals surface area contributed by atoms with Crippen LogP contribution in [0, 0.1) is 0 Å². The monoisotopic (exact) mass is 277 g/mol. The summed E-state index contributed by atoms with van der Waals surface area (Å²) in [7, 11) is 0. The van der Waals surface area contributed by atoms with E-state index in [9.17, 15) is 9.90 Å². The minimum absolute atomic E-state index is 0.255. The first-order chi connectivity index (χ1) is 6.46. The van der Waals surface area contributed by atoms with E-state index >= 15 is 0 Å². The molecule has 0 heterocycles. The summed E-state index contributed by atoms with van der Waals surface area (Å²) in [5.74, 6) is 0. The highest BCUT2D eigenvalue weighted by Crippen LogP contribution is 2.31. The van der Waals surface area contributed by atoms with Crippen molar-refractivity contribution in [1.82, 2.24) is 4.90 Å². The largest absolute Gasteiger partial charge is 0.465 e. The minimum atomic E-state index is -1.89. The van der Waals surface area contributed by atoms with Crippen molar-refractivity contribution in [3.63, 3.8) is 0 Å². The van der Waals surface area contributed by atoms with Crippen molar-refractivity contribution in [3.05, 3.63) is 0 Å². The molecule has 7 heteroatoms. The summed E-state index contributed by atoms with van der Waals surface area (Å²) in [6.45, 7) is 4.81. The molecule has 0 rings (SSSR count). The van der Waals surface area contributed by atoms with Gasteiger partial charge in [0.15, 0.2) is 0 Å². The second-order valence-electron chi connectivity index (χ2n) is 4.12. The van der Waals surface area contributed by atoms with E-state index in [1.165, 1.54) is 0 Å². The zero-order valence-electron chi connectivity index (χ0n) is 8.67. The summed E-state index contributed by atoms with van der Waals surface area (Å²) in [5, 5.41) is 18.4. The van der Waals surface area contributed by atoms with Crippen LogP contribution in [0.1, 0.15) is 20.8 Å². The van der Waals surface area contributed by atoms with Gasteiger partial charge >= 0.3 is 6.09 Å². The molecule has 15 heavy (non-hydrogen) atoms. The second kappa shape index (κ2) is 4.95. The highest BCUT2D eigenvalue weighted by molar-refractivity contribution is 6.68. The number of aliphatic hydroxyl groups excluding tert-OH is 1. The third-order valence-electron chi connectivity index (χ3n) is 1.77. The summed E-state index contributed by atoms with van der Waals surface area (Å²) >= 11 is 16.3. The molecule has 0 aromatic carbocycles. The van der Waals surface area contributed by atoms with Crippen LogP contribution < -0.4 is 0 Å². The van der Waals surface area contributed by atoms with Gasteiger partial charge in [-0.05, 0) is 20.8 Å². The first-order valence-corrected chi connectivity index (χ1v) is 5.35. The summed E-state index contributed by atoms with van der Waals surface area (Å²) in [6, 6.07) is 0. The van der Waals surface area contributed by atoms with E-state index in [2.05, 4.69) is 0 Å². The second-order valence-corrected chi connectivity index (χ2v) is 6.49. The smallest absolute Gasteiger partial charge is 0.407 e. The third kappa shape index (κ3) is 5.11. The lowest BCUT2D eigenvalue weighted by atomic mass is 10.1. The molecule has 1 unspecified atom stereocenters. The number of halogens is 3. The Hall–Kier alpha value is 0.1000. The molecule has 0 aliphatic heterocycles. The van der Waals surface area contributed by atoms with Gasteiger partial charge in [0.25, 0.3) is 0 Å². The van der Waals surface area contributed by atoms with Crippen LogP contribution in [0.25, 0.3) is 0 Å². The molecule has 1 amide bonds. The fourth-order valence-corrected chi connectivity index (χ4v) is 1.12. The fourth-order valence-electron chi connectivity index (χ4n) is 0.915. The third-order valence-corrected chi connectivity index (χ3v) is 2.53. The number of nitrogens with zero attached hydrogens (tertiary/aromatic N) is 1. The van der Waals surface area contributed by atoms with E-state index < -0.39 is 21.5 Å². The Morgan fingerprint density at radius 1 is 1.33 bits per heavy atom. The number of aliphatic hydroxyl groups is 1. The molecule has 90 valence electrons. The molecular weight excluding hydrogens is 264 g/mol. The van der Waals surface area contributed by atoms with Gasteiger partial charge in [-0.15, -0.1) is 0 Å². The van der Waals surface area contributed by atoms with Gasteiger partial charge in [0.1, 0.15) is 6.10 Å². The Labute approximate surface area is 104 Å². The van der Waals surface area contributed by atoms with E-state index in [4.69, 9.17) is 39.9 Å². The van der Waals surface area contributed by atoms with Crippen molar-refractivity contribution < 1.29 is 15.0 Å². The van der Waals surface area contributed by atoms with Crippen molar-refractivity contribution in [2.45, 2.75) is 36.2 Å². The highest BCUT2D eigenvalue weighted by atomic mass is 35.6. The van der Waals surface area contributed by atoms with Crippen LogP contribution in [0.3, 0.4) is 0 Å². The number of carbonyl (C=O) groups is 1. The van der Waals surface area contributed by atoms with E-state index in [-0.39, 0.29) is 6.54 Å². The number of alkyl halides is 3. The lowest BCUT2D eigenvalue weighted by molar-refractivity contribution is 0.0573. The van der Waals surface area contributed by atoms with Gasteiger partial charge in [-0.1, -0.05) is 34.8 Å². The molecule has 0 spiro atoms. The van der Waals surface area contributed by atoms with Crippen LogP contribution in [0.5, 0.6) is 0 Å². The van der Waals surface area contributed by atoms with Gasteiger partial charge in [0.2, 0.25) is 3.79 Å². The van der Waals surface area contributed by atoms with Crippen LogP contribution >= 0.6 is 34.8 Å². The van der Waals surface area contributed by atoms with Crippen molar-refractivity contribution in [2.75, 3.05) is 6.54 Å². The molecule has 0 aromatic rings. The molecule has 0 radical (unpaired) electrons. The maximum absolute atomic E-state index is 10.9. The maximum Gasteiger partial charge on any atom is 0.407 e. The van der Waals surface area contributed by atoms with Gasteiger partial charge in [-0.3, -0.25) is 0 Å². The summed E-state index contributed by atoms with van der Waals surface area (Å²) < 4.78 is -1.89. The molecule has 0 saturated carbocycles. The Balaban J connectivity index is 4.65. The molecule has 0 aliphatic carbocycles. The quantitative estimate of drug-likeness (QED) is 0.763. The van der Waals surface area contributed by atoms with E-state index in [1.54, 1.807) is 20.8 Å². The Morgan fingerprint density at radius 3 is 1.93 bits per heavy atom. The van der Waals surface area contributed by atoms with Crippen LogP contribution in [-0.4, -0.2) is 43.2 Å². The molecule has 1 atom stereocenters. The van der Waals surface area contributed by atoms with Gasteiger partial charge < -0.3 is 15.1 Å². The van der Waals surface area contributed by atoms with Crippen LogP contribution in [0.15, 0.2) is 0 Å². The Bertz CT molecular complexity index is 234. The number of carboxylic acid groups (broad SMARTS) is 1. The first kappa shape index (κ1) is 15.1. The SMILES string of the molecule is CC(C)(C)N(CC(O)C(Cl)(Cl)Cl)C(=O)O. The topological polar surface area (TPSA) is 60.8 Å². The normalized spacial score (nSPS) is 14.9. The maximum atomic E-state index is 10.9. The summed E-state index contributed by atoms with van der Waals surface area (Å²) in [4.78, 5) is 11.9. The van der Waals surface area contributed by atoms with Crippen molar-refractivity contribution >= 4 is 40.9 Å².